The number of rotatable bonds is 4. The maximum atomic E-state index is 11.7. The number of hydrogen-bond acceptors (Lipinski definition) is 3. The molecule has 1 aromatic carbocycles. The van der Waals surface area contributed by atoms with Gasteiger partial charge in [0.15, 0.2) is 0 Å². The lowest BCUT2D eigenvalue weighted by Crippen LogP contribution is -2.47. The highest BCUT2D eigenvalue weighted by molar-refractivity contribution is 6.30. The fourth-order valence-corrected chi connectivity index (χ4v) is 3.54. The van der Waals surface area contributed by atoms with Crippen LogP contribution in [0.25, 0.3) is 0 Å². The van der Waals surface area contributed by atoms with Gasteiger partial charge in [-0.05, 0) is 50.1 Å². The number of halogens is 1. The number of nitrogens with zero attached hydrogens (tertiary/aromatic N) is 2. The van der Waals surface area contributed by atoms with Crippen LogP contribution in [0.3, 0.4) is 0 Å². The summed E-state index contributed by atoms with van der Waals surface area (Å²) in [4.78, 5) is 16.6. The average Bonchev–Trinajstić information content (AvgIpc) is 2.92. The van der Waals surface area contributed by atoms with Crippen LogP contribution in [0.4, 0.5) is 5.69 Å². The molecular formula is C17H23ClN2O. The van der Waals surface area contributed by atoms with Crippen molar-refractivity contribution in [3.8, 4) is 0 Å². The molecule has 1 unspecified atom stereocenters. The van der Waals surface area contributed by atoms with Gasteiger partial charge in [-0.15, -0.1) is 0 Å². The molecule has 1 aromatic rings. The monoisotopic (exact) mass is 306 g/mol. The molecule has 0 amide bonds. The second kappa shape index (κ2) is 6.80. The normalized spacial score (nSPS) is 23.8. The van der Waals surface area contributed by atoms with Gasteiger partial charge in [0.05, 0.1) is 0 Å². The Morgan fingerprint density at radius 1 is 1.10 bits per heavy atom. The summed E-state index contributed by atoms with van der Waals surface area (Å²) in [5, 5.41) is 0.790. The number of ketones is 1. The van der Waals surface area contributed by atoms with Gasteiger partial charge in [0, 0.05) is 49.2 Å². The van der Waals surface area contributed by atoms with E-state index in [9.17, 15) is 4.79 Å². The van der Waals surface area contributed by atoms with Crippen LogP contribution in [0.5, 0.6) is 0 Å². The van der Waals surface area contributed by atoms with E-state index in [1.165, 1.54) is 5.69 Å². The zero-order valence-electron chi connectivity index (χ0n) is 12.4. The van der Waals surface area contributed by atoms with Crippen LogP contribution in [0.1, 0.15) is 25.7 Å². The molecule has 2 aliphatic rings. The number of Topliss-reactive ketones (excluding diaryl/α,β-unsaturated/α-hetero) is 1. The molecule has 114 valence electrons. The molecule has 21 heavy (non-hydrogen) atoms. The van der Waals surface area contributed by atoms with Crippen molar-refractivity contribution < 1.29 is 4.79 Å². The summed E-state index contributed by atoms with van der Waals surface area (Å²) in [6, 6.07) is 8.09. The first-order valence-corrected chi connectivity index (χ1v) is 8.36. The molecule has 3 nitrogen and oxygen atoms in total. The van der Waals surface area contributed by atoms with Gasteiger partial charge in [-0.2, -0.15) is 0 Å². The second-order valence-corrected chi connectivity index (χ2v) is 6.59. The van der Waals surface area contributed by atoms with E-state index in [4.69, 9.17) is 11.6 Å². The van der Waals surface area contributed by atoms with Crippen molar-refractivity contribution in [3.63, 3.8) is 0 Å². The molecular weight excluding hydrogens is 284 g/mol. The van der Waals surface area contributed by atoms with Crippen molar-refractivity contribution in [3.05, 3.63) is 29.3 Å². The smallest absolute Gasteiger partial charge is 0.136 e. The summed E-state index contributed by atoms with van der Waals surface area (Å²) in [6.07, 6.45) is 4.09. The van der Waals surface area contributed by atoms with Crippen molar-refractivity contribution in [1.29, 1.82) is 0 Å². The molecule has 1 heterocycles. The van der Waals surface area contributed by atoms with Crippen molar-refractivity contribution in [2.24, 2.45) is 5.92 Å². The summed E-state index contributed by atoms with van der Waals surface area (Å²) in [7, 11) is 0. The van der Waals surface area contributed by atoms with E-state index in [-0.39, 0.29) is 0 Å². The minimum atomic E-state index is 0.347. The molecule has 0 aromatic heterocycles. The van der Waals surface area contributed by atoms with E-state index in [1.54, 1.807) is 0 Å². The highest BCUT2D eigenvalue weighted by Gasteiger charge is 2.25. The minimum Gasteiger partial charge on any atom is -0.369 e. The van der Waals surface area contributed by atoms with E-state index in [1.807, 2.05) is 12.1 Å². The number of anilines is 1. The van der Waals surface area contributed by atoms with Gasteiger partial charge < -0.3 is 4.90 Å². The molecule has 0 N–H and O–H groups in total. The van der Waals surface area contributed by atoms with Crippen molar-refractivity contribution in [1.82, 2.24) is 4.90 Å². The van der Waals surface area contributed by atoms with Crippen LogP contribution >= 0.6 is 11.6 Å². The highest BCUT2D eigenvalue weighted by atomic mass is 35.5. The van der Waals surface area contributed by atoms with E-state index in [2.05, 4.69) is 21.9 Å². The first-order chi connectivity index (χ1) is 10.2. The highest BCUT2D eigenvalue weighted by Crippen LogP contribution is 2.25. The molecule has 2 fully saturated rings. The third-order valence-electron chi connectivity index (χ3n) is 4.79. The van der Waals surface area contributed by atoms with Gasteiger partial charge in [0.25, 0.3) is 0 Å². The minimum absolute atomic E-state index is 0.347. The molecule has 4 heteroatoms. The first-order valence-electron chi connectivity index (χ1n) is 7.98. The van der Waals surface area contributed by atoms with E-state index in [0.717, 1.165) is 63.4 Å². The molecule has 0 radical (unpaired) electrons. The van der Waals surface area contributed by atoms with E-state index < -0.39 is 0 Å². The first kappa shape index (κ1) is 14.9. The Kier molecular flexibility index (Phi) is 4.81. The standard InChI is InChI=1S/C17H23ClN2O/c18-15-4-6-16(7-5-15)20-12-10-19(11-13-20)9-8-14-2-1-3-17(14)21/h4-7,14H,1-3,8-13H2. The van der Waals surface area contributed by atoms with Crippen molar-refractivity contribution in [2.45, 2.75) is 25.7 Å². The predicted octanol–water partition coefficient (Wildman–Crippen LogP) is 3.22. The maximum Gasteiger partial charge on any atom is 0.136 e. The van der Waals surface area contributed by atoms with Gasteiger partial charge in [0.2, 0.25) is 0 Å². The summed E-state index contributed by atoms with van der Waals surface area (Å²) in [5.41, 5.74) is 1.25. The maximum absolute atomic E-state index is 11.7. The molecule has 3 rings (SSSR count). The summed E-state index contributed by atoms with van der Waals surface area (Å²) >= 11 is 5.93. The van der Waals surface area contributed by atoms with Gasteiger partial charge >= 0.3 is 0 Å². The lowest BCUT2D eigenvalue weighted by atomic mass is 10.0. The van der Waals surface area contributed by atoms with E-state index in [0.29, 0.717) is 11.7 Å². The lowest BCUT2D eigenvalue weighted by molar-refractivity contribution is -0.120. The van der Waals surface area contributed by atoms with Crippen LogP contribution in [0, 0.1) is 5.92 Å². The van der Waals surface area contributed by atoms with E-state index >= 15 is 0 Å². The number of piperazine rings is 1. The number of hydrogen-bond donors (Lipinski definition) is 0. The van der Waals surface area contributed by atoms with Gasteiger partial charge in [-0.25, -0.2) is 0 Å². The molecule has 1 aliphatic heterocycles. The quantitative estimate of drug-likeness (QED) is 0.853. The Morgan fingerprint density at radius 3 is 2.43 bits per heavy atom. The largest absolute Gasteiger partial charge is 0.369 e. The Labute approximate surface area is 131 Å². The molecule has 1 saturated carbocycles. The second-order valence-electron chi connectivity index (χ2n) is 6.15. The average molecular weight is 307 g/mol. The van der Waals surface area contributed by atoms with Crippen LogP contribution in [0.15, 0.2) is 24.3 Å². The summed E-state index contributed by atoms with van der Waals surface area (Å²) in [5.74, 6) is 0.842. The molecule has 1 aliphatic carbocycles. The fourth-order valence-electron chi connectivity index (χ4n) is 3.41. The number of carbonyl (C=O) groups is 1. The SMILES string of the molecule is O=C1CCCC1CCN1CCN(c2ccc(Cl)cc2)CC1. The third kappa shape index (κ3) is 3.78. The van der Waals surface area contributed by atoms with Gasteiger partial charge in [-0.3, -0.25) is 9.69 Å². The summed E-state index contributed by atoms with van der Waals surface area (Å²) in [6.45, 7) is 5.36. The molecule has 0 bridgehead atoms. The topological polar surface area (TPSA) is 23.6 Å². The van der Waals surface area contributed by atoms with Gasteiger partial charge in [-0.1, -0.05) is 11.6 Å². The fraction of sp³-hybridized carbons (Fsp3) is 0.588. The Morgan fingerprint density at radius 2 is 1.81 bits per heavy atom. The van der Waals surface area contributed by atoms with Crippen LogP contribution in [-0.2, 0) is 4.79 Å². The van der Waals surface area contributed by atoms with Crippen LogP contribution in [-0.4, -0.2) is 43.4 Å². The lowest BCUT2D eigenvalue weighted by Gasteiger charge is -2.36. The van der Waals surface area contributed by atoms with Crippen molar-refractivity contribution in [2.75, 3.05) is 37.6 Å². The molecule has 1 saturated heterocycles. The van der Waals surface area contributed by atoms with Gasteiger partial charge in [0.1, 0.15) is 5.78 Å². The summed E-state index contributed by atoms with van der Waals surface area (Å²) < 4.78 is 0. The zero-order valence-corrected chi connectivity index (χ0v) is 13.2. The Balaban J connectivity index is 1.44. The predicted molar refractivity (Wildman–Crippen MR) is 87.1 cm³/mol. The van der Waals surface area contributed by atoms with Crippen molar-refractivity contribution >= 4 is 23.1 Å². The Hall–Kier alpha value is -1.06. The zero-order chi connectivity index (χ0) is 14.7. The van der Waals surface area contributed by atoms with Crippen LogP contribution in [0.2, 0.25) is 5.02 Å². The van der Waals surface area contributed by atoms with Crippen LogP contribution < -0.4 is 4.90 Å². The Bertz CT molecular complexity index is 480. The molecule has 0 spiro atoms. The number of benzene rings is 1. The molecule has 1 atom stereocenters. The number of carbonyl (C=O) groups excluding carboxylic acids is 1. The third-order valence-corrected chi connectivity index (χ3v) is 5.04.